The van der Waals surface area contributed by atoms with Crippen LogP contribution in [0.4, 0.5) is 0 Å². The summed E-state index contributed by atoms with van der Waals surface area (Å²) in [4.78, 5) is 25.3. The third-order valence-electron chi connectivity index (χ3n) is 4.60. The van der Waals surface area contributed by atoms with Gasteiger partial charge in [-0.3, -0.25) is 14.2 Å². The van der Waals surface area contributed by atoms with Crippen molar-refractivity contribution in [2.45, 2.75) is 19.8 Å². The number of fused-ring (bicyclic) bond motifs is 1. The quantitative estimate of drug-likeness (QED) is 0.735. The Hall–Kier alpha value is -2.79. The lowest BCUT2D eigenvalue weighted by atomic mass is 9.97. The Labute approximate surface area is 156 Å². The smallest absolute Gasteiger partial charge is 0.262 e. The Balaban J connectivity index is 2.26. The van der Waals surface area contributed by atoms with Crippen molar-refractivity contribution in [1.29, 1.82) is 0 Å². The Morgan fingerprint density at radius 2 is 1.81 bits per heavy atom. The van der Waals surface area contributed by atoms with Gasteiger partial charge in [0.05, 0.1) is 11.4 Å². The summed E-state index contributed by atoms with van der Waals surface area (Å²) >= 11 is 5.91. The second kappa shape index (κ2) is 6.84. The maximum atomic E-state index is 13.1. The SMILES string of the molecule is CNC(=O)[C@H](C)c1c(C)n(C(=O)c2ccc(Cl)cc2)c2ccc(O)cc12. The number of rotatable bonds is 3. The first-order valence-corrected chi connectivity index (χ1v) is 8.58. The first kappa shape index (κ1) is 18.0. The first-order valence-electron chi connectivity index (χ1n) is 8.21. The number of likely N-dealkylation sites (N-methyl/N-ethyl adjacent to an activating group) is 1. The van der Waals surface area contributed by atoms with Gasteiger partial charge < -0.3 is 10.4 Å². The van der Waals surface area contributed by atoms with E-state index >= 15 is 0 Å². The monoisotopic (exact) mass is 370 g/mol. The largest absolute Gasteiger partial charge is 0.508 e. The fourth-order valence-electron chi connectivity index (χ4n) is 3.31. The minimum atomic E-state index is -0.469. The molecule has 0 saturated heterocycles. The molecule has 3 aromatic rings. The predicted molar refractivity (Wildman–Crippen MR) is 102 cm³/mol. The van der Waals surface area contributed by atoms with E-state index in [4.69, 9.17) is 11.6 Å². The molecule has 0 aliphatic rings. The second-order valence-corrected chi connectivity index (χ2v) is 6.62. The third kappa shape index (κ3) is 2.95. The summed E-state index contributed by atoms with van der Waals surface area (Å²) in [5, 5.41) is 13.8. The molecule has 3 rings (SSSR count). The minimum absolute atomic E-state index is 0.0824. The van der Waals surface area contributed by atoms with Gasteiger partial charge in [-0.15, -0.1) is 0 Å². The molecule has 6 heteroatoms. The molecule has 1 heterocycles. The van der Waals surface area contributed by atoms with Crippen molar-refractivity contribution in [3.05, 3.63) is 64.3 Å². The molecule has 2 N–H and O–H groups in total. The van der Waals surface area contributed by atoms with Crippen LogP contribution in [0.5, 0.6) is 5.75 Å². The number of aromatic nitrogens is 1. The van der Waals surface area contributed by atoms with E-state index in [2.05, 4.69) is 5.32 Å². The number of hydrogen-bond acceptors (Lipinski definition) is 3. The van der Waals surface area contributed by atoms with Crippen molar-refractivity contribution in [1.82, 2.24) is 9.88 Å². The summed E-state index contributed by atoms with van der Waals surface area (Å²) in [7, 11) is 1.57. The molecular weight excluding hydrogens is 352 g/mol. The number of nitrogens with one attached hydrogen (secondary N) is 1. The third-order valence-corrected chi connectivity index (χ3v) is 4.86. The summed E-state index contributed by atoms with van der Waals surface area (Å²) in [5.41, 5.74) is 2.52. The Morgan fingerprint density at radius 1 is 1.15 bits per heavy atom. The highest BCUT2D eigenvalue weighted by atomic mass is 35.5. The number of nitrogens with zero attached hydrogens (tertiary/aromatic N) is 1. The zero-order valence-electron chi connectivity index (χ0n) is 14.7. The van der Waals surface area contributed by atoms with Crippen LogP contribution in [0, 0.1) is 6.92 Å². The summed E-state index contributed by atoms with van der Waals surface area (Å²) in [6.07, 6.45) is 0. The van der Waals surface area contributed by atoms with Crippen LogP contribution in [-0.2, 0) is 4.79 Å². The highest BCUT2D eigenvalue weighted by molar-refractivity contribution is 6.30. The normalized spacial score (nSPS) is 12.2. The van der Waals surface area contributed by atoms with Crippen molar-refractivity contribution in [3.63, 3.8) is 0 Å². The molecule has 2 aromatic carbocycles. The standard InChI is InChI=1S/C20H19ClN2O3/c1-11(19(25)22-3)18-12(2)23(17-9-8-15(24)10-16(17)18)20(26)13-4-6-14(21)7-5-13/h4-11,24H,1-3H3,(H,22,25)/t11-/m1/s1. The molecule has 0 radical (unpaired) electrons. The van der Waals surface area contributed by atoms with Crippen LogP contribution in [0.2, 0.25) is 5.02 Å². The van der Waals surface area contributed by atoms with Gasteiger partial charge in [0.15, 0.2) is 0 Å². The molecule has 26 heavy (non-hydrogen) atoms. The molecule has 1 atom stereocenters. The van der Waals surface area contributed by atoms with Crippen molar-refractivity contribution in [3.8, 4) is 5.75 Å². The van der Waals surface area contributed by atoms with Crippen molar-refractivity contribution >= 4 is 34.3 Å². The number of hydrogen-bond donors (Lipinski definition) is 2. The van der Waals surface area contributed by atoms with Gasteiger partial charge in [0, 0.05) is 28.7 Å². The second-order valence-electron chi connectivity index (χ2n) is 6.18. The number of carbonyl (C=O) groups is 2. The van der Waals surface area contributed by atoms with Gasteiger partial charge in [-0.25, -0.2) is 0 Å². The van der Waals surface area contributed by atoms with Crippen LogP contribution < -0.4 is 5.32 Å². The maximum absolute atomic E-state index is 13.1. The molecule has 134 valence electrons. The van der Waals surface area contributed by atoms with Gasteiger partial charge in [0.1, 0.15) is 5.75 Å². The highest BCUT2D eigenvalue weighted by Gasteiger charge is 2.26. The van der Waals surface area contributed by atoms with Crippen LogP contribution >= 0.6 is 11.6 Å². The zero-order valence-corrected chi connectivity index (χ0v) is 15.5. The van der Waals surface area contributed by atoms with Gasteiger partial charge in [0.25, 0.3) is 5.91 Å². The highest BCUT2D eigenvalue weighted by Crippen LogP contribution is 2.34. The predicted octanol–water partition coefficient (Wildman–Crippen LogP) is 3.85. The van der Waals surface area contributed by atoms with Crippen LogP contribution in [0.15, 0.2) is 42.5 Å². The fraction of sp³-hybridized carbons (Fsp3) is 0.200. The molecule has 0 aliphatic carbocycles. The van der Waals surface area contributed by atoms with E-state index in [0.717, 1.165) is 5.56 Å². The average molecular weight is 371 g/mol. The number of carbonyl (C=O) groups excluding carboxylic acids is 2. The van der Waals surface area contributed by atoms with Gasteiger partial charge in [-0.05, 0) is 61.9 Å². The van der Waals surface area contributed by atoms with Crippen LogP contribution in [0.3, 0.4) is 0 Å². The van der Waals surface area contributed by atoms with E-state index in [1.165, 1.54) is 6.07 Å². The van der Waals surface area contributed by atoms with E-state index in [0.29, 0.717) is 27.2 Å². The van der Waals surface area contributed by atoms with Crippen LogP contribution in [0.25, 0.3) is 10.9 Å². The Kier molecular flexibility index (Phi) is 4.74. The number of phenolic OH excluding ortho intramolecular Hbond substituents is 1. The lowest BCUT2D eigenvalue weighted by Gasteiger charge is -2.12. The van der Waals surface area contributed by atoms with E-state index in [-0.39, 0.29) is 17.6 Å². The van der Waals surface area contributed by atoms with Gasteiger partial charge in [-0.2, -0.15) is 0 Å². The number of aromatic hydroxyl groups is 1. The number of benzene rings is 2. The minimum Gasteiger partial charge on any atom is -0.508 e. The fourth-order valence-corrected chi connectivity index (χ4v) is 3.43. The molecule has 0 bridgehead atoms. The van der Waals surface area contributed by atoms with Crippen LogP contribution in [-0.4, -0.2) is 28.5 Å². The molecular formula is C20H19ClN2O3. The summed E-state index contributed by atoms with van der Waals surface area (Å²) in [6, 6.07) is 11.5. The summed E-state index contributed by atoms with van der Waals surface area (Å²) in [5.74, 6) is -0.762. The Bertz CT molecular complexity index is 1010. The lowest BCUT2D eigenvalue weighted by molar-refractivity contribution is -0.121. The van der Waals surface area contributed by atoms with Crippen molar-refractivity contribution in [2.75, 3.05) is 7.05 Å². The summed E-state index contributed by atoms with van der Waals surface area (Å²) in [6.45, 7) is 3.58. The lowest BCUT2D eigenvalue weighted by Crippen LogP contribution is -2.24. The van der Waals surface area contributed by atoms with Gasteiger partial charge in [0.2, 0.25) is 5.91 Å². The van der Waals surface area contributed by atoms with Crippen molar-refractivity contribution in [2.24, 2.45) is 0 Å². The maximum Gasteiger partial charge on any atom is 0.262 e. The van der Waals surface area contributed by atoms with Crippen molar-refractivity contribution < 1.29 is 14.7 Å². The van der Waals surface area contributed by atoms with E-state index in [1.54, 1.807) is 61.9 Å². The average Bonchev–Trinajstić information content (AvgIpc) is 2.91. The first-order chi connectivity index (χ1) is 12.3. The van der Waals surface area contributed by atoms with E-state index < -0.39 is 5.92 Å². The molecule has 1 aromatic heterocycles. The molecule has 0 saturated carbocycles. The van der Waals surface area contributed by atoms with Gasteiger partial charge >= 0.3 is 0 Å². The topological polar surface area (TPSA) is 71.3 Å². The molecule has 0 unspecified atom stereocenters. The zero-order chi connectivity index (χ0) is 19.0. The number of amides is 1. The molecule has 0 aliphatic heterocycles. The van der Waals surface area contributed by atoms with Gasteiger partial charge in [-0.1, -0.05) is 11.6 Å². The Morgan fingerprint density at radius 3 is 2.42 bits per heavy atom. The molecule has 1 amide bonds. The molecule has 5 nitrogen and oxygen atoms in total. The molecule has 0 fully saturated rings. The molecule has 0 spiro atoms. The van der Waals surface area contributed by atoms with Crippen LogP contribution in [0.1, 0.15) is 34.5 Å². The van der Waals surface area contributed by atoms with E-state index in [9.17, 15) is 14.7 Å². The summed E-state index contributed by atoms with van der Waals surface area (Å²) < 4.78 is 1.58. The number of halogens is 1. The van der Waals surface area contributed by atoms with E-state index in [1.807, 2.05) is 0 Å². The number of phenols is 1.